The summed E-state index contributed by atoms with van der Waals surface area (Å²) in [5.41, 5.74) is 1.41. The Bertz CT molecular complexity index is 783. The largest absolute Gasteiger partial charge is 0.396 e. The van der Waals surface area contributed by atoms with Gasteiger partial charge in [0.2, 0.25) is 11.8 Å². The Kier molecular flexibility index (Phi) is 3.05. The summed E-state index contributed by atoms with van der Waals surface area (Å²) in [4.78, 5) is 28.2. The van der Waals surface area contributed by atoms with Gasteiger partial charge in [0.15, 0.2) is 0 Å². The average molecular weight is 339 g/mol. The summed E-state index contributed by atoms with van der Waals surface area (Å²) < 4.78 is 0. The Balaban J connectivity index is 1.94. The molecule has 1 unspecified atom stereocenters. The zero-order chi connectivity index (χ0) is 18.4. The molecule has 0 radical (unpaired) electrons. The highest BCUT2D eigenvalue weighted by Gasteiger charge is 2.81. The zero-order valence-corrected chi connectivity index (χ0v) is 15.5. The number of aliphatic hydroxyl groups is 1. The Morgan fingerprint density at radius 2 is 1.36 bits per heavy atom. The van der Waals surface area contributed by atoms with Crippen molar-refractivity contribution >= 4 is 17.5 Å². The molecule has 3 aliphatic rings. The molecule has 1 aromatic rings. The van der Waals surface area contributed by atoms with Crippen LogP contribution in [0, 0.1) is 28.1 Å². The molecule has 25 heavy (non-hydrogen) atoms. The van der Waals surface area contributed by atoms with E-state index in [1.54, 1.807) is 0 Å². The van der Waals surface area contributed by atoms with Crippen molar-refractivity contribution in [3.05, 3.63) is 41.5 Å². The Labute approximate surface area is 148 Å². The van der Waals surface area contributed by atoms with Gasteiger partial charge in [-0.1, -0.05) is 50.1 Å². The number of para-hydroxylation sites is 1. The first-order valence-electron chi connectivity index (χ1n) is 8.90. The van der Waals surface area contributed by atoms with Crippen molar-refractivity contribution in [1.29, 1.82) is 0 Å². The molecule has 1 saturated carbocycles. The molecular weight excluding hydrogens is 314 g/mol. The molecule has 5 atom stereocenters. The Morgan fingerprint density at radius 1 is 0.920 bits per heavy atom. The summed E-state index contributed by atoms with van der Waals surface area (Å²) >= 11 is 0. The van der Waals surface area contributed by atoms with E-state index in [2.05, 4.69) is 27.7 Å². The lowest BCUT2D eigenvalue weighted by molar-refractivity contribution is -0.126. The van der Waals surface area contributed by atoms with Crippen molar-refractivity contribution in [2.24, 2.45) is 28.1 Å². The standard InChI is InChI=1S/C21H25NO3/c1-12-13(2)21(5)16-15(20(12,4)19(21,3)11-23)17(24)22(18(16)25)14-9-7-6-8-10-14/h6-10,15-16,23H,11H2,1-5H3/t15-,16+,19?,20+,21-. The van der Waals surface area contributed by atoms with Crippen molar-refractivity contribution in [1.82, 2.24) is 0 Å². The summed E-state index contributed by atoms with van der Waals surface area (Å²) in [6.07, 6.45) is 0. The van der Waals surface area contributed by atoms with E-state index in [1.165, 1.54) is 4.90 Å². The van der Waals surface area contributed by atoms with Crippen LogP contribution in [0.3, 0.4) is 0 Å². The molecule has 0 spiro atoms. The number of hydrogen-bond donors (Lipinski definition) is 1. The summed E-state index contributed by atoms with van der Waals surface area (Å²) in [6.45, 7) is 10.3. The lowest BCUT2D eigenvalue weighted by atomic mass is 9.60. The molecular formula is C21H25NO3. The third-order valence-electron chi connectivity index (χ3n) is 8.29. The van der Waals surface area contributed by atoms with Gasteiger partial charge in [-0.25, -0.2) is 4.90 Å². The number of rotatable bonds is 2. The van der Waals surface area contributed by atoms with E-state index in [4.69, 9.17) is 0 Å². The smallest absolute Gasteiger partial charge is 0.238 e. The van der Waals surface area contributed by atoms with Crippen LogP contribution in [0.2, 0.25) is 0 Å². The molecule has 2 fully saturated rings. The van der Waals surface area contributed by atoms with Crippen LogP contribution in [0.5, 0.6) is 0 Å². The molecule has 1 aromatic carbocycles. The molecule has 4 rings (SSSR count). The number of carbonyl (C=O) groups is 2. The van der Waals surface area contributed by atoms with Crippen LogP contribution in [0.4, 0.5) is 5.69 Å². The van der Waals surface area contributed by atoms with E-state index in [9.17, 15) is 14.7 Å². The maximum Gasteiger partial charge on any atom is 0.238 e. The first-order valence-corrected chi connectivity index (χ1v) is 8.90. The number of allylic oxidation sites excluding steroid dienone is 2. The van der Waals surface area contributed by atoms with Crippen LogP contribution in [0.15, 0.2) is 41.5 Å². The van der Waals surface area contributed by atoms with Crippen LogP contribution < -0.4 is 4.90 Å². The van der Waals surface area contributed by atoms with E-state index in [0.717, 1.165) is 11.1 Å². The van der Waals surface area contributed by atoms with E-state index in [0.29, 0.717) is 5.69 Å². The summed E-state index contributed by atoms with van der Waals surface area (Å²) in [6, 6.07) is 9.17. The first-order chi connectivity index (χ1) is 11.7. The number of benzene rings is 1. The highest BCUT2D eigenvalue weighted by Crippen LogP contribution is 2.79. The van der Waals surface area contributed by atoms with E-state index >= 15 is 0 Å². The first kappa shape index (κ1) is 16.5. The summed E-state index contributed by atoms with van der Waals surface area (Å²) in [5, 5.41) is 10.3. The minimum atomic E-state index is -0.516. The van der Waals surface area contributed by atoms with Gasteiger partial charge in [-0.3, -0.25) is 9.59 Å². The SMILES string of the molecule is CC1=C(C)[C@]2(C)[C@@H]3C(=O)N(c4ccccc4)C(=O)[C@@H]3[C@@]1(C)C2(C)CO. The van der Waals surface area contributed by atoms with Gasteiger partial charge in [-0.2, -0.15) is 0 Å². The van der Waals surface area contributed by atoms with Crippen molar-refractivity contribution in [3.63, 3.8) is 0 Å². The van der Waals surface area contributed by atoms with Crippen LogP contribution in [-0.2, 0) is 9.59 Å². The highest BCUT2D eigenvalue weighted by atomic mass is 16.3. The van der Waals surface area contributed by atoms with Crippen molar-refractivity contribution < 1.29 is 14.7 Å². The second-order valence-electron chi connectivity index (χ2n) is 8.45. The third kappa shape index (κ3) is 1.42. The number of nitrogens with zero attached hydrogens (tertiary/aromatic N) is 1. The lowest BCUT2D eigenvalue weighted by Crippen LogP contribution is -2.48. The van der Waals surface area contributed by atoms with Crippen LogP contribution >= 0.6 is 0 Å². The van der Waals surface area contributed by atoms with Crippen LogP contribution in [0.25, 0.3) is 0 Å². The molecule has 1 heterocycles. The van der Waals surface area contributed by atoms with Crippen LogP contribution in [0.1, 0.15) is 34.6 Å². The topological polar surface area (TPSA) is 57.6 Å². The number of carbonyl (C=O) groups excluding carboxylic acids is 2. The fraction of sp³-hybridized carbons (Fsp3) is 0.524. The second-order valence-corrected chi connectivity index (χ2v) is 8.45. The maximum absolute atomic E-state index is 13.4. The van der Waals surface area contributed by atoms with Gasteiger partial charge in [-0.05, 0) is 26.0 Å². The van der Waals surface area contributed by atoms with E-state index in [1.807, 2.05) is 37.3 Å². The summed E-state index contributed by atoms with van der Waals surface area (Å²) in [7, 11) is 0. The minimum Gasteiger partial charge on any atom is -0.396 e. The number of anilines is 1. The number of hydrogen-bond acceptors (Lipinski definition) is 3. The molecule has 2 aliphatic carbocycles. The second kappa shape index (κ2) is 4.61. The normalized spacial score (nSPS) is 42.6. The number of imide groups is 1. The lowest BCUT2D eigenvalue weighted by Gasteiger charge is -2.45. The number of aliphatic hydroxyl groups excluding tert-OH is 1. The number of amides is 2. The average Bonchev–Trinajstić information content (AvgIpc) is 3.01. The Hall–Kier alpha value is -1.94. The molecule has 0 aromatic heterocycles. The predicted molar refractivity (Wildman–Crippen MR) is 95.7 cm³/mol. The molecule has 132 valence electrons. The van der Waals surface area contributed by atoms with Gasteiger partial charge < -0.3 is 5.11 Å². The summed E-state index contributed by atoms with van der Waals surface area (Å²) in [5.74, 6) is -1.07. The van der Waals surface area contributed by atoms with Gasteiger partial charge in [-0.15, -0.1) is 0 Å². The molecule has 2 amide bonds. The fourth-order valence-electron chi connectivity index (χ4n) is 6.29. The zero-order valence-electron chi connectivity index (χ0n) is 15.5. The predicted octanol–water partition coefficient (Wildman–Crippen LogP) is 3.17. The van der Waals surface area contributed by atoms with Gasteiger partial charge >= 0.3 is 0 Å². The third-order valence-corrected chi connectivity index (χ3v) is 8.29. The maximum atomic E-state index is 13.4. The molecule has 4 heteroatoms. The van der Waals surface area contributed by atoms with Crippen LogP contribution in [-0.4, -0.2) is 23.5 Å². The molecule has 1 saturated heterocycles. The Morgan fingerprint density at radius 3 is 1.76 bits per heavy atom. The van der Waals surface area contributed by atoms with Gasteiger partial charge in [0.1, 0.15) is 0 Å². The van der Waals surface area contributed by atoms with Crippen molar-refractivity contribution in [2.75, 3.05) is 11.5 Å². The van der Waals surface area contributed by atoms with Gasteiger partial charge in [0.05, 0.1) is 24.1 Å². The van der Waals surface area contributed by atoms with Crippen molar-refractivity contribution in [3.8, 4) is 0 Å². The van der Waals surface area contributed by atoms with Gasteiger partial charge in [0, 0.05) is 16.2 Å². The molecule has 1 N–H and O–H groups in total. The fourth-order valence-corrected chi connectivity index (χ4v) is 6.29. The molecule has 1 aliphatic heterocycles. The van der Waals surface area contributed by atoms with Gasteiger partial charge in [0.25, 0.3) is 0 Å². The molecule has 4 nitrogen and oxygen atoms in total. The van der Waals surface area contributed by atoms with E-state index < -0.39 is 28.1 Å². The number of fused-ring (bicyclic) bond motifs is 5. The van der Waals surface area contributed by atoms with Crippen molar-refractivity contribution in [2.45, 2.75) is 34.6 Å². The molecule has 2 bridgehead atoms. The van der Waals surface area contributed by atoms with E-state index in [-0.39, 0.29) is 18.4 Å². The monoisotopic (exact) mass is 339 g/mol. The highest BCUT2D eigenvalue weighted by molar-refractivity contribution is 6.23. The minimum absolute atomic E-state index is 0.0341. The quantitative estimate of drug-likeness (QED) is 0.665.